The molecule has 6 rings (SSSR count). The summed E-state index contributed by atoms with van der Waals surface area (Å²) in [7, 11) is 1.59. The van der Waals surface area contributed by atoms with Crippen molar-refractivity contribution in [1.82, 2.24) is 20.2 Å². The van der Waals surface area contributed by atoms with Crippen molar-refractivity contribution in [1.29, 1.82) is 0 Å². The van der Waals surface area contributed by atoms with E-state index in [-0.39, 0.29) is 11.8 Å². The van der Waals surface area contributed by atoms with Crippen LogP contribution in [0.1, 0.15) is 53.1 Å². The number of nitrogens with zero attached hydrogens (tertiary/aromatic N) is 3. The Morgan fingerprint density at radius 2 is 1.77 bits per heavy atom. The Bertz CT molecular complexity index is 1300. The van der Waals surface area contributed by atoms with Gasteiger partial charge in [0.1, 0.15) is 5.02 Å². The van der Waals surface area contributed by atoms with E-state index in [1.807, 2.05) is 17.0 Å². The van der Waals surface area contributed by atoms with Gasteiger partial charge in [0.15, 0.2) is 5.82 Å². The minimum Gasteiger partial charge on any atom is -0.355 e. The average molecular weight is 491 g/mol. The second-order valence-corrected chi connectivity index (χ2v) is 9.41. The van der Waals surface area contributed by atoms with Crippen molar-refractivity contribution >= 4 is 46.6 Å². The van der Waals surface area contributed by atoms with Crippen LogP contribution in [-0.4, -0.2) is 46.8 Å². The van der Waals surface area contributed by atoms with Crippen LogP contribution < -0.4 is 16.0 Å². The molecule has 3 aliphatic rings. The number of hydrogen-bond donors (Lipinski definition) is 3. The number of nitrogens with one attached hydrogen (secondary N) is 3. The molecule has 3 aromatic rings. The number of anilines is 4. The fourth-order valence-corrected chi connectivity index (χ4v) is 5.17. The Morgan fingerprint density at radius 3 is 2.51 bits per heavy atom. The molecule has 2 aromatic carbocycles. The van der Waals surface area contributed by atoms with Crippen molar-refractivity contribution < 1.29 is 9.59 Å². The van der Waals surface area contributed by atoms with Crippen LogP contribution in [0.25, 0.3) is 0 Å². The number of carbonyl (C=O) groups excluding carboxylic acids is 2. The molecule has 2 aliphatic heterocycles. The first-order valence-electron chi connectivity index (χ1n) is 11.7. The van der Waals surface area contributed by atoms with Crippen LogP contribution in [0.2, 0.25) is 5.02 Å². The summed E-state index contributed by atoms with van der Waals surface area (Å²) in [5, 5.41) is 9.42. The number of fused-ring (bicyclic) bond motifs is 3. The van der Waals surface area contributed by atoms with Crippen LogP contribution in [0, 0.1) is 0 Å². The van der Waals surface area contributed by atoms with Gasteiger partial charge in [-0.25, -0.2) is 4.98 Å². The lowest BCUT2D eigenvalue weighted by atomic mass is 9.78. The fourth-order valence-electron chi connectivity index (χ4n) is 5.03. The zero-order valence-corrected chi connectivity index (χ0v) is 20.4. The van der Waals surface area contributed by atoms with E-state index < -0.39 is 0 Å². The molecule has 2 bridgehead atoms. The van der Waals surface area contributed by atoms with Gasteiger partial charge in [0.05, 0.1) is 17.4 Å². The maximum absolute atomic E-state index is 12.2. The number of benzene rings is 2. The predicted molar refractivity (Wildman–Crippen MR) is 137 cm³/mol. The first-order valence-corrected chi connectivity index (χ1v) is 12.1. The highest BCUT2D eigenvalue weighted by Gasteiger charge is 2.34. The maximum Gasteiger partial charge on any atom is 0.253 e. The molecule has 2 atom stereocenters. The van der Waals surface area contributed by atoms with Crippen LogP contribution in [0.4, 0.5) is 23.1 Å². The number of para-hydroxylation sites is 1. The molecule has 1 saturated heterocycles. The molecule has 3 N–H and O–H groups in total. The van der Waals surface area contributed by atoms with E-state index in [4.69, 9.17) is 11.6 Å². The van der Waals surface area contributed by atoms with E-state index in [0.717, 1.165) is 31.6 Å². The number of carbonyl (C=O) groups is 2. The van der Waals surface area contributed by atoms with Crippen molar-refractivity contribution in [3.8, 4) is 0 Å². The molecule has 2 amide bonds. The van der Waals surface area contributed by atoms with Crippen LogP contribution in [-0.2, 0) is 4.79 Å². The van der Waals surface area contributed by atoms with Crippen LogP contribution in [0.15, 0.2) is 48.7 Å². The second kappa shape index (κ2) is 9.54. The number of aromatic nitrogens is 2. The predicted octanol–water partition coefficient (Wildman–Crippen LogP) is 4.80. The zero-order valence-electron chi connectivity index (χ0n) is 19.6. The van der Waals surface area contributed by atoms with Crippen molar-refractivity contribution in [2.24, 2.45) is 0 Å². The van der Waals surface area contributed by atoms with Gasteiger partial charge in [0, 0.05) is 44.6 Å². The fraction of sp³-hybridized carbons (Fsp3) is 0.308. The summed E-state index contributed by atoms with van der Waals surface area (Å²) in [6, 6.07) is 13.5. The van der Waals surface area contributed by atoms with Gasteiger partial charge in [0.2, 0.25) is 11.9 Å². The molecule has 35 heavy (non-hydrogen) atoms. The molecule has 9 heteroatoms. The summed E-state index contributed by atoms with van der Waals surface area (Å²) < 4.78 is 0. The Labute approximate surface area is 209 Å². The molecule has 3 heterocycles. The summed E-state index contributed by atoms with van der Waals surface area (Å²) in [5.41, 5.74) is 4.58. The maximum atomic E-state index is 12.2. The van der Waals surface area contributed by atoms with Crippen molar-refractivity contribution in [2.45, 2.75) is 31.6 Å². The van der Waals surface area contributed by atoms with Crippen molar-refractivity contribution in [2.75, 3.05) is 30.8 Å². The van der Waals surface area contributed by atoms with E-state index in [0.29, 0.717) is 39.9 Å². The SMILES string of the molecule is CNC(=O)c1ccccc1Nc1nc(Nc2ccc3c(c2)C2CCC3CN(C(C)=O)C2)ncc1Cl. The minimum atomic E-state index is -0.209. The first kappa shape index (κ1) is 23.1. The van der Waals surface area contributed by atoms with Gasteiger partial charge in [0.25, 0.3) is 5.91 Å². The quantitative estimate of drug-likeness (QED) is 0.475. The highest BCUT2D eigenvalue weighted by molar-refractivity contribution is 6.33. The molecule has 1 aromatic heterocycles. The van der Waals surface area contributed by atoms with E-state index in [1.54, 1.807) is 32.2 Å². The normalized spacial score (nSPS) is 18.4. The number of halogens is 1. The Morgan fingerprint density at radius 1 is 1.03 bits per heavy atom. The highest BCUT2D eigenvalue weighted by Crippen LogP contribution is 2.44. The van der Waals surface area contributed by atoms with E-state index in [2.05, 4.69) is 38.1 Å². The van der Waals surface area contributed by atoms with Gasteiger partial charge >= 0.3 is 0 Å². The largest absolute Gasteiger partial charge is 0.355 e. The van der Waals surface area contributed by atoms with Crippen LogP contribution in [0.3, 0.4) is 0 Å². The van der Waals surface area contributed by atoms with Gasteiger partial charge in [-0.2, -0.15) is 4.98 Å². The number of hydrogen-bond acceptors (Lipinski definition) is 6. The molecule has 1 fully saturated rings. The molecular formula is C26H27ClN6O2. The summed E-state index contributed by atoms with van der Waals surface area (Å²) in [6.07, 6.45) is 3.72. The van der Waals surface area contributed by atoms with Crippen molar-refractivity contribution in [3.63, 3.8) is 0 Å². The van der Waals surface area contributed by atoms with E-state index in [9.17, 15) is 9.59 Å². The molecule has 0 radical (unpaired) electrons. The van der Waals surface area contributed by atoms with Gasteiger partial charge in [-0.05, 0) is 48.2 Å². The molecule has 8 nitrogen and oxygen atoms in total. The average Bonchev–Trinajstić information content (AvgIpc) is 3.18. The topological polar surface area (TPSA) is 99.2 Å². The molecular weight excluding hydrogens is 464 g/mol. The lowest BCUT2D eigenvalue weighted by Crippen LogP contribution is -2.31. The Kier molecular flexibility index (Phi) is 6.30. The Hall–Kier alpha value is -3.65. The van der Waals surface area contributed by atoms with Gasteiger partial charge < -0.3 is 20.9 Å². The summed E-state index contributed by atoms with van der Waals surface area (Å²) in [4.78, 5) is 35.1. The zero-order chi connectivity index (χ0) is 24.5. The number of amides is 2. The molecule has 2 unspecified atom stereocenters. The molecule has 0 spiro atoms. The molecule has 0 saturated carbocycles. The lowest BCUT2D eigenvalue weighted by molar-refractivity contribution is -0.129. The standard InChI is InChI=1S/C26H27ClN6O2/c1-15(34)33-13-16-7-8-17(14-33)21-11-18(9-10-19(16)21)30-26-29-12-22(27)24(32-26)31-23-6-4-3-5-20(23)25(35)28-2/h3-6,9-12,16-17H,7-8,13-14H2,1-2H3,(H,28,35)(H2,29,30,31,32). The summed E-state index contributed by atoms with van der Waals surface area (Å²) in [5.74, 6) is 1.42. The van der Waals surface area contributed by atoms with Gasteiger partial charge in [-0.3, -0.25) is 9.59 Å². The van der Waals surface area contributed by atoms with Crippen LogP contribution >= 0.6 is 11.6 Å². The lowest BCUT2D eigenvalue weighted by Gasteiger charge is -2.26. The third-order valence-electron chi connectivity index (χ3n) is 6.81. The van der Waals surface area contributed by atoms with Crippen LogP contribution in [0.5, 0.6) is 0 Å². The monoisotopic (exact) mass is 490 g/mol. The molecule has 1 aliphatic carbocycles. The second-order valence-electron chi connectivity index (χ2n) is 9.00. The van der Waals surface area contributed by atoms with Gasteiger partial charge in [-0.1, -0.05) is 29.8 Å². The highest BCUT2D eigenvalue weighted by atomic mass is 35.5. The third kappa shape index (κ3) is 4.66. The smallest absolute Gasteiger partial charge is 0.253 e. The summed E-state index contributed by atoms with van der Waals surface area (Å²) in [6.45, 7) is 3.20. The summed E-state index contributed by atoms with van der Waals surface area (Å²) >= 11 is 6.36. The van der Waals surface area contributed by atoms with Gasteiger partial charge in [-0.15, -0.1) is 0 Å². The minimum absolute atomic E-state index is 0.139. The Balaban J connectivity index is 1.39. The van der Waals surface area contributed by atoms with E-state index >= 15 is 0 Å². The molecule has 180 valence electrons. The first-order chi connectivity index (χ1) is 16.9. The van der Waals surface area contributed by atoms with E-state index in [1.165, 1.54) is 17.3 Å². The third-order valence-corrected chi connectivity index (χ3v) is 7.09. The van der Waals surface area contributed by atoms with Crippen molar-refractivity contribution in [3.05, 3.63) is 70.4 Å². The number of rotatable bonds is 5.